The molecule has 3 rings (SSSR count). The maximum atomic E-state index is 3.77. The number of hydrogen-bond donors (Lipinski definition) is 1. The first-order valence-corrected chi connectivity index (χ1v) is 8.14. The van der Waals surface area contributed by atoms with Crippen LogP contribution in [0.1, 0.15) is 52.9 Å². The van der Waals surface area contributed by atoms with E-state index in [1.54, 1.807) is 0 Å². The molecule has 1 N–H and O–H groups in total. The first kappa shape index (κ1) is 12.9. The van der Waals surface area contributed by atoms with E-state index in [2.05, 4.69) is 31.0 Å². The van der Waals surface area contributed by atoms with Crippen molar-refractivity contribution in [3.63, 3.8) is 0 Å². The Hall–Kier alpha value is -0.0800. The summed E-state index contributed by atoms with van der Waals surface area (Å²) in [4.78, 5) is 2.88. The van der Waals surface area contributed by atoms with Crippen LogP contribution in [-0.4, -0.2) is 36.1 Å². The summed E-state index contributed by atoms with van der Waals surface area (Å²) in [6, 6.07) is 2.40. The molecule has 2 aliphatic carbocycles. The normalized spacial score (nSPS) is 45.7. The van der Waals surface area contributed by atoms with Gasteiger partial charge < -0.3 is 5.32 Å². The van der Waals surface area contributed by atoms with Gasteiger partial charge in [0.1, 0.15) is 0 Å². The lowest BCUT2D eigenvalue weighted by molar-refractivity contribution is 0.0930. The van der Waals surface area contributed by atoms with Crippen molar-refractivity contribution in [3.8, 4) is 0 Å². The van der Waals surface area contributed by atoms with Gasteiger partial charge in [-0.15, -0.1) is 0 Å². The van der Waals surface area contributed by atoms with Crippen molar-refractivity contribution in [1.82, 2.24) is 10.2 Å². The summed E-state index contributed by atoms with van der Waals surface area (Å²) < 4.78 is 0. The number of nitrogens with one attached hydrogen (secondary N) is 1. The monoisotopic (exact) mass is 250 g/mol. The quantitative estimate of drug-likeness (QED) is 0.811. The molecule has 0 spiro atoms. The molecule has 1 saturated heterocycles. The molecule has 0 amide bonds. The molecule has 2 heteroatoms. The highest BCUT2D eigenvalue weighted by atomic mass is 15.2. The first-order valence-electron chi connectivity index (χ1n) is 8.14. The van der Waals surface area contributed by atoms with Crippen LogP contribution in [-0.2, 0) is 0 Å². The average molecular weight is 250 g/mol. The third kappa shape index (κ3) is 2.34. The second kappa shape index (κ2) is 5.13. The molecule has 18 heavy (non-hydrogen) atoms. The Morgan fingerprint density at radius 3 is 2.56 bits per heavy atom. The Morgan fingerprint density at radius 1 is 1.11 bits per heavy atom. The van der Waals surface area contributed by atoms with E-state index in [4.69, 9.17) is 0 Å². The molecule has 1 aliphatic heterocycles. The molecule has 0 radical (unpaired) electrons. The molecule has 1 heterocycles. The summed E-state index contributed by atoms with van der Waals surface area (Å²) in [5.41, 5.74) is 0. The van der Waals surface area contributed by atoms with E-state index in [0.717, 1.165) is 29.8 Å². The Morgan fingerprint density at radius 2 is 1.94 bits per heavy atom. The number of fused-ring (bicyclic) bond motifs is 2. The molecular weight excluding hydrogens is 220 g/mol. The van der Waals surface area contributed by atoms with Crippen LogP contribution in [0.25, 0.3) is 0 Å². The van der Waals surface area contributed by atoms with Crippen LogP contribution in [0.5, 0.6) is 0 Å². The van der Waals surface area contributed by atoms with E-state index in [1.165, 1.54) is 45.2 Å². The van der Waals surface area contributed by atoms with Crippen molar-refractivity contribution in [2.45, 2.75) is 71.0 Å². The third-order valence-corrected chi connectivity index (χ3v) is 5.87. The summed E-state index contributed by atoms with van der Waals surface area (Å²) >= 11 is 0. The molecular formula is C16H30N2. The molecule has 2 saturated carbocycles. The smallest absolute Gasteiger partial charge is 0.0218 e. The van der Waals surface area contributed by atoms with Crippen LogP contribution in [0, 0.1) is 17.8 Å². The van der Waals surface area contributed by atoms with Crippen LogP contribution in [0.3, 0.4) is 0 Å². The second-order valence-corrected chi connectivity index (χ2v) is 7.38. The van der Waals surface area contributed by atoms with Gasteiger partial charge in [-0.05, 0) is 56.9 Å². The minimum atomic E-state index is 0.703. The largest absolute Gasteiger partial charge is 0.312 e. The summed E-state index contributed by atoms with van der Waals surface area (Å²) in [6.07, 6.45) is 7.40. The van der Waals surface area contributed by atoms with Crippen molar-refractivity contribution in [3.05, 3.63) is 0 Å². The van der Waals surface area contributed by atoms with Gasteiger partial charge in [-0.1, -0.05) is 20.3 Å². The predicted molar refractivity (Wildman–Crippen MR) is 76.6 cm³/mol. The lowest BCUT2D eigenvalue weighted by Crippen LogP contribution is -2.49. The fourth-order valence-electron chi connectivity index (χ4n) is 4.64. The van der Waals surface area contributed by atoms with Gasteiger partial charge in [0, 0.05) is 24.7 Å². The molecule has 0 aromatic heterocycles. The fourth-order valence-corrected chi connectivity index (χ4v) is 4.64. The van der Waals surface area contributed by atoms with Crippen molar-refractivity contribution < 1.29 is 0 Å². The number of rotatable bonds is 2. The maximum Gasteiger partial charge on any atom is 0.0218 e. The van der Waals surface area contributed by atoms with Gasteiger partial charge in [-0.2, -0.15) is 0 Å². The average Bonchev–Trinajstić information content (AvgIpc) is 2.89. The molecule has 5 unspecified atom stereocenters. The highest BCUT2D eigenvalue weighted by Crippen LogP contribution is 2.47. The zero-order chi connectivity index (χ0) is 12.7. The summed E-state index contributed by atoms with van der Waals surface area (Å²) in [7, 11) is 0. The van der Waals surface area contributed by atoms with Crippen molar-refractivity contribution in [2.24, 2.45) is 17.8 Å². The molecule has 0 aromatic carbocycles. The minimum absolute atomic E-state index is 0.703. The van der Waals surface area contributed by atoms with Gasteiger partial charge in [0.25, 0.3) is 0 Å². The SMILES string of the molecule is CC(C)C1CN(C2CC3CCC2C3)C(C)CCN1. The van der Waals surface area contributed by atoms with Crippen LogP contribution in [0.15, 0.2) is 0 Å². The summed E-state index contributed by atoms with van der Waals surface area (Å²) in [6.45, 7) is 9.68. The standard InChI is InChI=1S/C16H30N2/c1-11(2)15-10-18(12(3)6-7-17-15)16-9-13-4-5-14(16)8-13/h11-17H,4-10H2,1-3H3. The highest BCUT2D eigenvalue weighted by molar-refractivity contribution is 4.98. The van der Waals surface area contributed by atoms with E-state index in [0.29, 0.717) is 6.04 Å². The molecule has 104 valence electrons. The molecule has 5 atom stereocenters. The lowest BCUT2D eigenvalue weighted by Gasteiger charge is -2.39. The van der Waals surface area contributed by atoms with E-state index in [-0.39, 0.29) is 0 Å². The topological polar surface area (TPSA) is 15.3 Å². The van der Waals surface area contributed by atoms with E-state index in [9.17, 15) is 0 Å². The molecule has 2 bridgehead atoms. The Kier molecular flexibility index (Phi) is 3.68. The van der Waals surface area contributed by atoms with E-state index < -0.39 is 0 Å². The Bertz CT molecular complexity index is 289. The van der Waals surface area contributed by atoms with Crippen molar-refractivity contribution >= 4 is 0 Å². The van der Waals surface area contributed by atoms with Gasteiger partial charge in [0.05, 0.1) is 0 Å². The summed E-state index contributed by atoms with van der Waals surface area (Å²) in [5.74, 6) is 2.86. The van der Waals surface area contributed by atoms with Crippen molar-refractivity contribution in [2.75, 3.05) is 13.1 Å². The summed E-state index contributed by atoms with van der Waals surface area (Å²) in [5, 5.41) is 3.77. The molecule has 3 aliphatic rings. The zero-order valence-electron chi connectivity index (χ0n) is 12.4. The number of nitrogens with zero attached hydrogens (tertiary/aromatic N) is 1. The fraction of sp³-hybridized carbons (Fsp3) is 1.00. The Labute approximate surface area is 113 Å². The van der Waals surface area contributed by atoms with Gasteiger partial charge in [-0.3, -0.25) is 4.90 Å². The van der Waals surface area contributed by atoms with Crippen LogP contribution in [0.4, 0.5) is 0 Å². The Balaban J connectivity index is 1.71. The van der Waals surface area contributed by atoms with E-state index >= 15 is 0 Å². The molecule has 0 aromatic rings. The van der Waals surface area contributed by atoms with Gasteiger partial charge in [-0.25, -0.2) is 0 Å². The highest BCUT2D eigenvalue weighted by Gasteiger charge is 2.44. The molecule has 3 fully saturated rings. The first-order chi connectivity index (χ1) is 8.65. The molecule has 2 nitrogen and oxygen atoms in total. The minimum Gasteiger partial charge on any atom is -0.312 e. The number of hydrogen-bond acceptors (Lipinski definition) is 2. The predicted octanol–water partition coefficient (Wildman–Crippen LogP) is 2.88. The maximum absolute atomic E-state index is 3.77. The van der Waals surface area contributed by atoms with E-state index in [1.807, 2.05) is 0 Å². The van der Waals surface area contributed by atoms with Gasteiger partial charge >= 0.3 is 0 Å². The van der Waals surface area contributed by atoms with Crippen LogP contribution >= 0.6 is 0 Å². The second-order valence-electron chi connectivity index (χ2n) is 7.38. The van der Waals surface area contributed by atoms with Gasteiger partial charge in [0.2, 0.25) is 0 Å². The van der Waals surface area contributed by atoms with Crippen LogP contribution < -0.4 is 5.32 Å². The zero-order valence-corrected chi connectivity index (χ0v) is 12.4. The van der Waals surface area contributed by atoms with Crippen LogP contribution in [0.2, 0.25) is 0 Å². The van der Waals surface area contributed by atoms with Gasteiger partial charge in [0.15, 0.2) is 0 Å². The third-order valence-electron chi connectivity index (χ3n) is 5.87. The lowest BCUT2D eigenvalue weighted by atomic mass is 9.92. The van der Waals surface area contributed by atoms with Crippen molar-refractivity contribution in [1.29, 1.82) is 0 Å².